The minimum absolute atomic E-state index is 0. The molecule has 1 saturated heterocycles. The van der Waals surface area contributed by atoms with Crippen molar-refractivity contribution in [1.29, 1.82) is 0 Å². The van der Waals surface area contributed by atoms with Crippen molar-refractivity contribution in [2.24, 2.45) is 28.7 Å². The largest absolute Gasteiger partial charge is 0.463 e. The van der Waals surface area contributed by atoms with Crippen molar-refractivity contribution in [3.05, 3.63) is 35.9 Å². The first-order valence-corrected chi connectivity index (χ1v) is 12.4. The molecule has 1 aromatic carbocycles. The molecule has 4 fully saturated rings. The molecule has 2 bridgehead atoms. The van der Waals surface area contributed by atoms with Crippen molar-refractivity contribution in [2.75, 3.05) is 13.1 Å². The molecule has 1 heterocycles. The fourth-order valence-corrected chi connectivity index (χ4v) is 6.29. The lowest BCUT2D eigenvalue weighted by atomic mass is 9.43. The molecule has 0 unspecified atom stereocenters. The summed E-state index contributed by atoms with van der Waals surface area (Å²) < 4.78 is 13.3. The van der Waals surface area contributed by atoms with Gasteiger partial charge in [-0.15, -0.1) is 12.4 Å². The average Bonchev–Trinajstić information content (AvgIpc) is 3.14. The minimum Gasteiger partial charge on any atom is -0.405 e. The Hall–Kier alpha value is -1.12. The van der Waals surface area contributed by atoms with Gasteiger partial charge >= 0.3 is 7.12 Å². The van der Waals surface area contributed by atoms with Gasteiger partial charge < -0.3 is 26.1 Å². The third kappa shape index (κ3) is 5.28. The van der Waals surface area contributed by atoms with Gasteiger partial charge in [-0.1, -0.05) is 50.6 Å². The molecule has 1 amide bonds. The quantitative estimate of drug-likeness (QED) is 0.354. The summed E-state index contributed by atoms with van der Waals surface area (Å²) in [4.78, 5) is 12.6. The lowest BCUT2D eigenvalue weighted by Gasteiger charge is -2.64. The lowest BCUT2D eigenvalue weighted by Crippen LogP contribution is -2.65. The molecule has 3 saturated carbocycles. The number of nitrogens with one attached hydrogen (secondary N) is 1. The number of benzene rings is 1. The van der Waals surface area contributed by atoms with Crippen LogP contribution in [0.2, 0.25) is 5.82 Å². The maximum atomic E-state index is 12.6. The number of rotatable bonds is 10. The van der Waals surface area contributed by atoms with E-state index in [1.165, 1.54) is 12.0 Å². The van der Waals surface area contributed by atoms with Crippen molar-refractivity contribution in [3.8, 4) is 0 Å². The summed E-state index contributed by atoms with van der Waals surface area (Å²) in [7, 11) is -0.325. The number of unbranched alkanes of at least 4 members (excludes halogenated alkanes) is 1. The summed E-state index contributed by atoms with van der Waals surface area (Å²) >= 11 is 0. The lowest BCUT2D eigenvalue weighted by molar-refractivity contribution is -0.199. The van der Waals surface area contributed by atoms with Crippen molar-refractivity contribution in [3.63, 3.8) is 0 Å². The summed E-state index contributed by atoms with van der Waals surface area (Å²) in [6.07, 6.45) is 5.62. The van der Waals surface area contributed by atoms with Crippen LogP contribution in [0.5, 0.6) is 0 Å². The van der Waals surface area contributed by atoms with Crippen LogP contribution in [0.3, 0.4) is 0 Å². The second-order valence-corrected chi connectivity index (χ2v) is 10.9. The molecule has 0 spiro atoms. The molecule has 5 rings (SSSR count). The van der Waals surface area contributed by atoms with Crippen LogP contribution in [-0.2, 0) is 20.5 Å². The fourth-order valence-electron chi connectivity index (χ4n) is 6.29. The average molecular weight is 478 g/mol. The van der Waals surface area contributed by atoms with Gasteiger partial charge in [-0.05, 0) is 68.4 Å². The summed E-state index contributed by atoms with van der Waals surface area (Å²) in [5.74, 6) is 1.16. The van der Waals surface area contributed by atoms with E-state index in [4.69, 9.17) is 20.8 Å². The van der Waals surface area contributed by atoms with Gasteiger partial charge in [0.2, 0.25) is 5.91 Å². The number of carbonyl (C=O) groups is 1. The third-order valence-corrected chi connectivity index (χ3v) is 8.54. The minimum atomic E-state index is -0.502. The number of halogens is 1. The van der Waals surface area contributed by atoms with Gasteiger partial charge in [0.15, 0.2) is 0 Å². The van der Waals surface area contributed by atoms with Crippen LogP contribution in [0.4, 0.5) is 0 Å². The molecule has 0 radical (unpaired) electrons. The van der Waals surface area contributed by atoms with E-state index < -0.39 is 6.04 Å². The predicted octanol–water partition coefficient (Wildman–Crippen LogP) is 3.32. The molecule has 1 aliphatic heterocycles. The molecular weight excluding hydrogens is 437 g/mol. The molecule has 6 nitrogen and oxygen atoms in total. The first-order valence-electron chi connectivity index (χ1n) is 12.4. The van der Waals surface area contributed by atoms with E-state index in [1.807, 2.05) is 18.2 Å². The van der Waals surface area contributed by atoms with Crippen LogP contribution in [-0.4, -0.2) is 43.9 Å². The van der Waals surface area contributed by atoms with Gasteiger partial charge in [-0.3, -0.25) is 4.79 Å². The molecule has 5 N–H and O–H groups in total. The number of hydrogen-bond donors (Lipinski definition) is 3. The summed E-state index contributed by atoms with van der Waals surface area (Å²) in [6, 6.07) is 9.86. The first kappa shape index (κ1) is 26.5. The number of carbonyl (C=O) groups excluding carboxylic acids is 1. The van der Waals surface area contributed by atoms with Gasteiger partial charge in [0.25, 0.3) is 0 Å². The molecule has 0 aromatic heterocycles. The van der Waals surface area contributed by atoms with Gasteiger partial charge in [0, 0.05) is 12.4 Å². The standard InChI is InChI=1S/C25H40BN3O3.ClH/c1-24(2)18-14-21(24)25(3)22(15-18)31-26(32-25)19(13-17-9-5-4-6-10-17)16-29-23(30)20(28)11-7-8-12-27;/h4-6,9-10,18-22H,7-8,11-16,27-28H2,1-3H3,(H,29,30);1H/t18-,19-,20+,21-,22+,25-;/m1./s1. The van der Waals surface area contributed by atoms with Crippen LogP contribution in [0, 0.1) is 17.3 Å². The smallest absolute Gasteiger partial charge is 0.405 e. The number of amides is 1. The Morgan fingerprint density at radius 3 is 2.61 bits per heavy atom. The maximum absolute atomic E-state index is 12.6. The highest BCUT2D eigenvalue weighted by molar-refractivity contribution is 6.47. The molecule has 33 heavy (non-hydrogen) atoms. The molecule has 6 atom stereocenters. The second-order valence-electron chi connectivity index (χ2n) is 10.9. The molecule has 3 aliphatic carbocycles. The van der Waals surface area contributed by atoms with E-state index in [-0.39, 0.29) is 43.0 Å². The second kappa shape index (κ2) is 10.7. The highest BCUT2D eigenvalue weighted by Gasteiger charge is 2.68. The van der Waals surface area contributed by atoms with Crippen LogP contribution in [0.25, 0.3) is 0 Å². The Labute approximate surface area is 205 Å². The van der Waals surface area contributed by atoms with E-state index in [1.54, 1.807) is 0 Å². The van der Waals surface area contributed by atoms with Crippen LogP contribution >= 0.6 is 12.4 Å². The van der Waals surface area contributed by atoms with E-state index in [2.05, 4.69) is 38.2 Å². The first-order chi connectivity index (χ1) is 15.3. The Balaban J connectivity index is 0.00000306. The zero-order valence-electron chi connectivity index (χ0n) is 20.3. The molecule has 8 heteroatoms. The van der Waals surface area contributed by atoms with Crippen molar-refractivity contribution in [1.82, 2.24) is 5.32 Å². The summed E-state index contributed by atoms with van der Waals surface area (Å²) in [6.45, 7) is 8.10. The van der Waals surface area contributed by atoms with E-state index in [9.17, 15) is 4.79 Å². The normalized spacial score (nSPS) is 31.1. The monoisotopic (exact) mass is 477 g/mol. The fraction of sp³-hybridized carbons (Fsp3) is 0.720. The van der Waals surface area contributed by atoms with E-state index >= 15 is 0 Å². The molecular formula is C25H41BClN3O3. The topological polar surface area (TPSA) is 99.6 Å². The van der Waals surface area contributed by atoms with Crippen molar-refractivity contribution in [2.45, 2.75) is 82.9 Å². The highest BCUT2D eigenvalue weighted by atomic mass is 35.5. The van der Waals surface area contributed by atoms with Gasteiger partial charge in [0.05, 0.1) is 17.7 Å². The summed E-state index contributed by atoms with van der Waals surface area (Å²) in [5, 5.41) is 3.08. The van der Waals surface area contributed by atoms with Crippen LogP contribution < -0.4 is 16.8 Å². The zero-order chi connectivity index (χ0) is 22.9. The van der Waals surface area contributed by atoms with Gasteiger partial charge in [0.1, 0.15) is 0 Å². The Kier molecular flexibility index (Phi) is 8.55. The molecule has 1 aromatic rings. The van der Waals surface area contributed by atoms with Crippen molar-refractivity contribution >= 4 is 25.4 Å². The number of nitrogens with two attached hydrogens (primary N) is 2. The Bertz CT molecular complexity index is 798. The van der Waals surface area contributed by atoms with Gasteiger partial charge in [-0.25, -0.2) is 0 Å². The van der Waals surface area contributed by atoms with Crippen LogP contribution in [0.15, 0.2) is 30.3 Å². The zero-order valence-corrected chi connectivity index (χ0v) is 21.1. The SMILES string of the molecule is CC1(C)[C@H]2C[C@@H]3OB([C@@H](CNC(=O)[C@@H](N)CCCCN)Cc4ccccc4)O[C@]3(C)[C@@H]1C2.Cl. The summed E-state index contributed by atoms with van der Waals surface area (Å²) in [5.41, 5.74) is 12.9. The predicted molar refractivity (Wildman–Crippen MR) is 135 cm³/mol. The van der Waals surface area contributed by atoms with E-state index in [0.29, 0.717) is 36.8 Å². The Morgan fingerprint density at radius 1 is 1.21 bits per heavy atom. The maximum Gasteiger partial charge on any atom is 0.463 e. The molecule has 4 aliphatic rings. The highest BCUT2D eigenvalue weighted by Crippen LogP contribution is 2.66. The number of hydrogen-bond acceptors (Lipinski definition) is 5. The van der Waals surface area contributed by atoms with E-state index in [0.717, 1.165) is 25.7 Å². The van der Waals surface area contributed by atoms with Crippen molar-refractivity contribution < 1.29 is 14.1 Å². The Morgan fingerprint density at radius 2 is 1.94 bits per heavy atom. The van der Waals surface area contributed by atoms with Crippen LogP contribution in [0.1, 0.15) is 58.4 Å². The molecule has 184 valence electrons. The van der Waals surface area contributed by atoms with Gasteiger partial charge in [-0.2, -0.15) is 0 Å². The third-order valence-electron chi connectivity index (χ3n) is 8.54.